The molecule has 0 aromatic heterocycles. The third kappa shape index (κ3) is 2.91. The third-order valence-corrected chi connectivity index (χ3v) is 4.64. The lowest BCUT2D eigenvalue weighted by Crippen LogP contribution is -2.20. The summed E-state index contributed by atoms with van der Waals surface area (Å²) < 4.78 is 26.9. The molecule has 0 saturated heterocycles. The highest BCUT2D eigenvalue weighted by Gasteiger charge is 2.23. The molecule has 1 nitrogen and oxygen atoms in total. The summed E-state index contributed by atoms with van der Waals surface area (Å²) in [5.74, 6) is -0.900. The van der Waals surface area contributed by atoms with Crippen molar-refractivity contribution >= 4 is 15.9 Å². The molecule has 0 spiro atoms. The van der Waals surface area contributed by atoms with Gasteiger partial charge in [0.25, 0.3) is 0 Å². The molecule has 0 aliphatic heterocycles. The minimum atomic E-state index is -0.804. The van der Waals surface area contributed by atoms with E-state index in [9.17, 15) is 8.78 Å². The Labute approximate surface area is 115 Å². The van der Waals surface area contributed by atoms with Crippen LogP contribution < -0.4 is 5.32 Å². The van der Waals surface area contributed by atoms with Gasteiger partial charge in [0.1, 0.15) is 0 Å². The lowest BCUT2D eigenvalue weighted by molar-refractivity contribution is 0.409. The number of hydrogen-bond acceptors (Lipinski definition) is 1. The minimum absolute atomic E-state index is 0.0811. The van der Waals surface area contributed by atoms with E-state index in [0.717, 1.165) is 12.0 Å². The minimum Gasteiger partial charge on any atom is -0.313 e. The Kier molecular flexibility index (Phi) is 4.73. The van der Waals surface area contributed by atoms with Crippen molar-refractivity contribution in [1.29, 1.82) is 0 Å². The van der Waals surface area contributed by atoms with Crippen molar-refractivity contribution in [2.45, 2.75) is 38.1 Å². The van der Waals surface area contributed by atoms with Crippen molar-refractivity contribution < 1.29 is 8.78 Å². The molecule has 1 atom stereocenters. The number of nitrogens with one attached hydrogen (secondary N) is 1. The Morgan fingerprint density at radius 1 is 1.33 bits per heavy atom. The van der Waals surface area contributed by atoms with E-state index in [4.69, 9.17) is 0 Å². The molecule has 1 N–H and O–H groups in total. The Hall–Kier alpha value is -0.480. The van der Waals surface area contributed by atoms with Crippen LogP contribution in [0.2, 0.25) is 0 Å². The lowest BCUT2D eigenvalue weighted by atomic mass is 9.93. The van der Waals surface area contributed by atoms with Crippen LogP contribution in [0.1, 0.15) is 43.7 Å². The lowest BCUT2D eigenvalue weighted by Gasteiger charge is -2.22. The number of benzene rings is 1. The van der Waals surface area contributed by atoms with E-state index in [-0.39, 0.29) is 10.5 Å². The quantitative estimate of drug-likeness (QED) is 0.802. The van der Waals surface area contributed by atoms with Gasteiger partial charge >= 0.3 is 0 Å². The van der Waals surface area contributed by atoms with Crippen molar-refractivity contribution in [3.63, 3.8) is 0 Å². The zero-order valence-electron chi connectivity index (χ0n) is 10.5. The normalized spacial score (nSPS) is 18.2. The Morgan fingerprint density at radius 3 is 2.61 bits per heavy atom. The second-order valence-electron chi connectivity index (χ2n) is 4.99. The molecule has 100 valence electrons. The van der Waals surface area contributed by atoms with Crippen LogP contribution in [0.4, 0.5) is 8.78 Å². The topological polar surface area (TPSA) is 12.0 Å². The molecule has 18 heavy (non-hydrogen) atoms. The van der Waals surface area contributed by atoms with Gasteiger partial charge < -0.3 is 5.32 Å². The van der Waals surface area contributed by atoms with E-state index >= 15 is 0 Å². The molecule has 1 aromatic carbocycles. The highest BCUT2D eigenvalue weighted by Crippen LogP contribution is 2.36. The summed E-state index contributed by atoms with van der Waals surface area (Å²) in [5.41, 5.74) is 0.809. The zero-order valence-corrected chi connectivity index (χ0v) is 12.1. The molecule has 1 saturated carbocycles. The third-order valence-electron chi connectivity index (χ3n) is 3.83. The van der Waals surface area contributed by atoms with Crippen molar-refractivity contribution in [1.82, 2.24) is 5.32 Å². The van der Waals surface area contributed by atoms with E-state index in [1.807, 2.05) is 7.05 Å². The molecule has 0 heterocycles. The molecule has 0 bridgehead atoms. The van der Waals surface area contributed by atoms with E-state index in [1.54, 1.807) is 6.07 Å². The average Bonchev–Trinajstić information content (AvgIpc) is 2.87. The molecule has 1 aromatic rings. The van der Waals surface area contributed by atoms with Gasteiger partial charge in [-0.3, -0.25) is 0 Å². The van der Waals surface area contributed by atoms with Crippen molar-refractivity contribution in [3.05, 3.63) is 33.8 Å². The van der Waals surface area contributed by atoms with Crippen LogP contribution >= 0.6 is 15.9 Å². The van der Waals surface area contributed by atoms with Gasteiger partial charge in [-0.15, -0.1) is 0 Å². The molecule has 4 heteroatoms. The molecule has 1 unspecified atom stereocenters. The summed E-state index contributed by atoms with van der Waals surface area (Å²) in [6.07, 6.45) is 6.07. The Morgan fingerprint density at radius 2 is 2.00 bits per heavy atom. The largest absolute Gasteiger partial charge is 0.313 e. The van der Waals surface area contributed by atoms with Crippen molar-refractivity contribution in [3.8, 4) is 0 Å². The zero-order chi connectivity index (χ0) is 13.1. The summed E-state index contributed by atoms with van der Waals surface area (Å²) in [6, 6.07) is 2.95. The summed E-state index contributed by atoms with van der Waals surface area (Å²) in [5, 5.41) is 3.21. The van der Waals surface area contributed by atoms with Crippen molar-refractivity contribution in [2.24, 2.45) is 5.92 Å². The van der Waals surface area contributed by atoms with Crippen LogP contribution in [-0.4, -0.2) is 7.05 Å². The SMILES string of the molecule is CNC(CC1CCCC1)c1ccc(F)c(F)c1Br. The molecule has 1 aliphatic carbocycles. The molecular formula is C14H18BrF2N. The van der Waals surface area contributed by atoms with Crippen LogP contribution in [0.25, 0.3) is 0 Å². The monoisotopic (exact) mass is 317 g/mol. The summed E-state index contributed by atoms with van der Waals surface area (Å²) in [6.45, 7) is 0. The maximum atomic E-state index is 13.6. The molecule has 2 rings (SSSR count). The number of hydrogen-bond donors (Lipinski definition) is 1. The molecule has 1 fully saturated rings. The van der Waals surface area contributed by atoms with Crippen LogP contribution in [0.15, 0.2) is 16.6 Å². The fourth-order valence-electron chi connectivity index (χ4n) is 2.79. The smallest absolute Gasteiger partial charge is 0.173 e. The van der Waals surface area contributed by atoms with Crippen LogP contribution in [0.5, 0.6) is 0 Å². The van der Waals surface area contributed by atoms with Gasteiger partial charge in [-0.05, 0) is 46.9 Å². The van der Waals surface area contributed by atoms with Gasteiger partial charge in [0.2, 0.25) is 0 Å². The number of halogens is 3. The van der Waals surface area contributed by atoms with Crippen LogP contribution in [-0.2, 0) is 0 Å². The Bertz CT molecular complexity index is 417. The van der Waals surface area contributed by atoms with E-state index in [0.29, 0.717) is 5.92 Å². The summed E-state index contributed by atoms with van der Waals surface area (Å²) in [7, 11) is 1.87. The second kappa shape index (κ2) is 6.11. The van der Waals surface area contributed by atoms with Gasteiger partial charge in [-0.1, -0.05) is 31.7 Å². The number of rotatable bonds is 4. The van der Waals surface area contributed by atoms with E-state index in [1.165, 1.54) is 31.7 Å². The molecule has 0 radical (unpaired) electrons. The maximum Gasteiger partial charge on any atom is 0.173 e. The molecular weight excluding hydrogens is 300 g/mol. The first-order valence-corrected chi connectivity index (χ1v) is 7.23. The summed E-state index contributed by atoms with van der Waals surface area (Å²) >= 11 is 3.17. The van der Waals surface area contributed by atoms with Gasteiger partial charge in [-0.2, -0.15) is 0 Å². The van der Waals surface area contributed by atoms with Crippen LogP contribution in [0.3, 0.4) is 0 Å². The van der Waals surface area contributed by atoms with Gasteiger partial charge in [0.15, 0.2) is 11.6 Å². The Balaban J connectivity index is 2.18. The molecule has 1 aliphatic rings. The summed E-state index contributed by atoms with van der Waals surface area (Å²) in [4.78, 5) is 0. The van der Waals surface area contributed by atoms with E-state index in [2.05, 4.69) is 21.2 Å². The van der Waals surface area contributed by atoms with Gasteiger partial charge in [0.05, 0.1) is 4.47 Å². The second-order valence-corrected chi connectivity index (χ2v) is 5.79. The predicted octanol–water partition coefficient (Wildman–Crippen LogP) is 4.57. The van der Waals surface area contributed by atoms with Crippen LogP contribution in [0, 0.1) is 17.6 Å². The van der Waals surface area contributed by atoms with Gasteiger partial charge in [0, 0.05) is 6.04 Å². The van der Waals surface area contributed by atoms with Gasteiger partial charge in [-0.25, -0.2) is 8.78 Å². The first kappa shape index (κ1) is 13.9. The first-order valence-electron chi connectivity index (χ1n) is 6.44. The first-order chi connectivity index (χ1) is 8.63. The standard InChI is InChI=1S/C14H18BrF2N/c1-18-12(8-9-4-2-3-5-9)10-6-7-11(16)14(17)13(10)15/h6-7,9,12,18H,2-5,8H2,1H3. The average molecular weight is 318 g/mol. The highest BCUT2D eigenvalue weighted by molar-refractivity contribution is 9.10. The fourth-order valence-corrected chi connectivity index (χ4v) is 3.39. The van der Waals surface area contributed by atoms with E-state index < -0.39 is 11.6 Å². The van der Waals surface area contributed by atoms with Crippen molar-refractivity contribution in [2.75, 3.05) is 7.05 Å². The maximum absolute atomic E-state index is 13.6. The fraction of sp³-hybridized carbons (Fsp3) is 0.571. The highest BCUT2D eigenvalue weighted by atomic mass is 79.9. The molecule has 0 amide bonds. The predicted molar refractivity (Wildman–Crippen MR) is 72.4 cm³/mol.